The van der Waals surface area contributed by atoms with Crippen LogP contribution in [-0.2, 0) is 6.42 Å². The van der Waals surface area contributed by atoms with Crippen molar-refractivity contribution in [2.75, 3.05) is 13.7 Å². The molecular weight excluding hydrogens is 356 g/mol. The number of nitrogens with zero attached hydrogens (tertiary/aromatic N) is 2. The average molecular weight is 380 g/mol. The maximum atomic E-state index is 12.6. The van der Waals surface area contributed by atoms with Crippen molar-refractivity contribution in [3.63, 3.8) is 0 Å². The van der Waals surface area contributed by atoms with E-state index >= 15 is 0 Å². The molecule has 0 bridgehead atoms. The molecule has 0 radical (unpaired) electrons. The Morgan fingerprint density at radius 2 is 2.00 bits per heavy atom. The summed E-state index contributed by atoms with van der Waals surface area (Å²) in [4.78, 5) is 21.1. The second-order valence-electron chi connectivity index (χ2n) is 7.02. The van der Waals surface area contributed by atoms with Crippen molar-refractivity contribution in [1.82, 2.24) is 9.97 Å². The number of benzene rings is 1. The lowest BCUT2D eigenvalue weighted by molar-refractivity contribution is 0.0984. The van der Waals surface area contributed by atoms with Crippen molar-refractivity contribution in [3.05, 3.63) is 53.9 Å². The van der Waals surface area contributed by atoms with Gasteiger partial charge in [-0.15, -0.1) is 0 Å². The summed E-state index contributed by atoms with van der Waals surface area (Å²) < 4.78 is 10.7. The minimum absolute atomic E-state index is 0.00599. The Bertz CT molecular complexity index is 985. The SMILES string of the molecule is COc1ccnc(C(=O)Cc2ccc3nc(OCCC(C)C)ccc3c2)c1O. The van der Waals surface area contributed by atoms with Crippen LogP contribution < -0.4 is 9.47 Å². The minimum Gasteiger partial charge on any atom is -0.503 e. The summed E-state index contributed by atoms with van der Waals surface area (Å²) in [5.74, 6) is 0.894. The van der Waals surface area contributed by atoms with Gasteiger partial charge in [-0.2, -0.15) is 0 Å². The first-order valence-electron chi connectivity index (χ1n) is 9.25. The number of aromatic nitrogens is 2. The van der Waals surface area contributed by atoms with Crippen molar-refractivity contribution in [2.45, 2.75) is 26.7 Å². The van der Waals surface area contributed by atoms with Crippen LogP contribution in [0.3, 0.4) is 0 Å². The predicted octanol–water partition coefficient (Wildman–Crippen LogP) is 4.19. The number of methoxy groups -OCH3 is 1. The monoisotopic (exact) mass is 380 g/mol. The van der Waals surface area contributed by atoms with Crippen LogP contribution in [0.1, 0.15) is 36.3 Å². The van der Waals surface area contributed by atoms with Gasteiger partial charge >= 0.3 is 0 Å². The van der Waals surface area contributed by atoms with Gasteiger partial charge in [0.05, 0.1) is 19.2 Å². The van der Waals surface area contributed by atoms with Gasteiger partial charge in [-0.1, -0.05) is 19.9 Å². The van der Waals surface area contributed by atoms with E-state index in [1.807, 2.05) is 30.3 Å². The second-order valence-corrected chi connectivity index (χ2v) is 7.02. The Hall–Kier alpha value is -3.15. The number of ketones is 1. The van der Waals surface area contributed by atoms with E-state index in [2.05, 4.69) is 23.8 Å². The number of Topliss-reactive ketones (excluding diaryl/α,β-unsaturated/α-hetero) is 1. The van der Waals surface area contributed by atoms with Crippen molar-refractivity contribution in [2.24, 2.45) is 5.92 Å². The van der Waals surface area contributed by atoms with Crippen LogP contribution in [0.25, 0.3) is 10.9 Å². The molecule has 0 saturated carbocycles. The summed E-state index contributed by atoms with van der Waals surface area (Å²) in [6.07, 6.45) is 2.54. The van der Waals surface area contributed by atoms with Gasteiger partial charge in [-0.05, 0) is 36.1 Å². The highest BCUT2D eigenvalue weighted by Gasteiger charge is 2.17. The molecule has 146 valence electrons. The van der Waals surface area contributed by atoms with Crippen LogP contribution in [0, 0.1) is 5.92 Å². The topological polar surface area (TPSA) is 81.5 Å². The van der Waals surface area contributed by atoms with Crippen molar-refractivity contribution in [1.29, 1.82) is 0 Å². The van der Waals surface area contributed by atoms with E-state index in [0.717, 1.165) is 22.9 Å². The molecule has 3 rings (SSSR count). The molecule has 28 heavy (non-hydrogen) atoms. The number of aromatic hydroxyl groups is 1. The van der Waals surface area contributed by atoms with Crippen molar-refractivity contribution < 1.29 is 19.4 Å². The molecule has 0 atom stereocenters. The predicted molar refractivity (Wildman–Crippen MR) is 107 cm³/mol. The van der Waals surface area contributed by atoms with Crippen LogP contribution in [0.5, 0.6) is 17.4 Å². The Morgan fingerprint density at radius 3 is 2.75 bits per heavy atom. The molecule has 0 fully saturated rings. The molecule has 2 aromatic heterocycles. The van der Waals surface area contributed by atoms with Gasteiger partial charge in [0.2, 0.25) is 5.88 Å². The molecule has 6 heteroatoms. The van der Waals surface area contributed by atoms with Crippen LogP contribution in [0.15, 0.2) is 42.6 Å². The Kier molecular flexibility index (Phi) is 6.09. The third kappa shape index (κ3) is 4.57. The van der Waals surface area contributed by atoms with Crippen molar-refractivity contribution >= 4 is 16.7 Å². The summed E-state index contributed by atoms with van der Waals surface area (Å²) in [6, 6.07) is 10.9. The first-order valence-corrected chi connectivity index (χ1v) is 9.25. The number of hydrogen-bond donors (Lipinski definition) is 1. The summed E-state index contributed by atoms with van der Waals surface area (Å²) >= 11 is 0. The molecule has 0 saturated heterocycles. The number of carbonyl (C=O) groups excluding carboxylic acids is 1. The van der Waals surface area contributed by atoms with Crippen molar-refractivity contribution in [3.8, 4) is 17.4 Å². The van der Waals surface area contributed by atoms with E-state index < -0.39 is 0 Å². The molecule has 0 amide bonds. The number of carbonyl (C=O) groups is 1. The molecule has 2 heterocycles. The second kappa shape index (κ2) is 8.69. The first kappa shape index (κ1) is 19.6. The maximum Gasteiger partial charge on any atom is 0.213 e. The van der Waals surface area contributed by atoms with Crippen LogP contribution in [0.4, 0.5) is 0 Å². The normalized spacial score (nSPS) is 11.0. The fourth-order valence-corrected chi connectivity index (χ4v) is 2.82. The van der Waals surface area contributed by atoms with Gasteiger partial charge in [0.1, 0.15) is 0 Å². The number of fused-ring (bicyclic) bond motifs is 1. The van der Waals surface area contributed by atoms with E-state index in [1.54, 1.807) is 0 Å². The molecule has 0 spiro atoms. The van der Waals surface area contributed by atoms with Gasteiger partial charge in [-0.25, -0.2) is 9.97 Å². The summed E-state index contributed by atoms with van der Waals surface area (Å²) in [5.41, 5.74) is 1.63. The van der Waals surface area contributed by atoms with E-state index in [1.165, 1.54) is 19.4 Å². The molecule has 6 nitrogen and oxygen atoms in total. The third-order valence-corrected chi connectivity index (χ3v) is 4.41. The summed E-state index contributed by atoms with van der Waals surface area (Å²) in [6.45, 7) is 4.95. The van der Waals surface area contributed by atoms with Crippen LogP contribution in [0.2, 0.25) is 0 Å². The van der Waals surface area contributed by atoms with E-state index in [-0.39, 0.29) is 29.4 Å². The molecular formula is C22H24N2O4. The van der Waals surface area contributed by atoms with E-state index in [9.17, 15) is 9.90 Å². The molecule has 0 unspecified atom stereocenters. The molecule has 0 aliphatic rings. The number of rotatable bonds is 8. The number of ether oxygens (including phenoxy) is 2. The van der Waals surface area contributed by atoms with Gasteiger partial charge in [0, 0.05) is 30.1 Å². The Balaban J connectivity index is 1.75. The molecule has 1 aromatic carbocycles. The van der Waals surface area contributed by atoms with Gasteiger partial charge < -0.3 is 14.6 Å². The van der Waals surface area contributed by atoms with Gasteiger partial charge in [0.25, 0.3) is 0 Å². The summed E-state index contributed by atoms with van der Waals surface area (Å²) in [7, 11) is 1.43. The fourth-order valence-electron chi connectivity index (χ4n) is 2.82. The lowest BCUT2D eigenvalue weighted by Crippen LogP contribution is -2.07. The summed E-state index contributed by atoms with van der Waals surface area (Å²) in [5, 5.41) is 11.0. The number of pyridine rings is 2. The smallest absolute Gasteiger partial charge is 0.213 e. The minimum atomic E-state index is -0.280. The van der Waals surface area contributed by atoms with Crippen LogP contribution >= 0.6 is 0 Å². The standard InChI is InChI=1S/C22H24N2O4/c1-14(2)9-11-28-20-7-5-16-12-15(4-6-17(16)24-20)13-18(25)21-22(26)19(27-3)8-10-23-21/h4-8,10,12,14,26H,9,11,13H2,1-3H3. The zero-order valence-corrected chi connectivity index (χ0v) is 16.3. The lowest BCUT2D eigenvalue weighted by Gasteiger charge is -2.09. The first-order chi connectivity index (χ1) is 13.5. The van der Waals surface area contributed by atoms with E-state index in [4.69, 9.17) is 9.47 Å². The van der Waals surface area contributed by atoms with Crippen LogP contribution in [-0.4, -0.2) is 34.6 Å². The molecule has 0 aliphatic heterocycles. The quantitative estimate of drug-likeness (QED) is 0.590. The fraction of sp³-hybridized carbons (Fsp3) is 0.318. The van der Waals surface area contributed by atoms with Gasteiger partial charge in [-0.3, -0.25) is 4.79 Å². The average Bonchev–Trinajstić information content (AvgIpc) is 2.68. The highest BCUT2D eigenvalue weighted by Crippen LogP contribution is 2.28. The molecule has 1 N–H and O–H groups in total. The zero-order valence-electron chi connectivity index (χ0n) is 16.3. The Morgan fingerprint density at radius 1 is 1.18 bits per heavy atom. The molecule has 3 aromatic rings. The van der Waals surface area contributed by atoms with Gasteiger partial charge in [0.15, 0.2) is 23.0 Å². The highest BCUT2D eigenvalue weighted by atomic mass is 16.5. The zero-order chi connectivity index (χ0) is 20.1. The highest BCUT2D eigenvalue weighted by molar-refractivity contribution is 5.99. The van der Waals surface area contributed by atoms with E-state index in [0.29, 0.717) is 18.4 Å². The third-order valence-electron chi connectivity index (χ3n) is 4.41. The number of hydrogen-bond acceptors (Lipinski definition) is 6. The maximum absolute atomic E-state index is 12.6. The Labute approximate surface area is 164 Å². The molecule has 0 aliphatic carbocycles. The largest absolute Gasteiger partial charge is 0.503 e. The lowest BCUT2D eigenvalue weighted by atomic mass is 10.0.